The predicted octanol–water partition coefficient (Wildman–Crippen LogP) is -1.55. The number of benzene rings is 1. The number of carboxylic acids is 3. The monoisotopic (exact) mass is 946 g/mol. The number of carbonyl (C=O) groups is 12. The van der Waals surface area contributed by atoms with Crippen LogP contribution in [-0.4, -0.2) is 154 Å². The van der Waals surface area contributed by atoms with E-state index >= 15 is 0 Å². The molecule has 2 rings (SSSR count). The minimum Gasteiger partial charge on any atom is -0.497 e. The molecular formula is C43H62N8O16. The highest BCUT2D eigenvalue weighted by molar-refractivity contribution is 6.38. The van der Waals surface area contributed by atoms with Crippen LogP contribution >= 0.6 is 0 Å². The zero-order valence-electron chi connectivity index (χ0n) is 38.5. The van der Waals surface area contributed by atoms with E-state index in [4.69, 9.17) is 14.9 Å². The van der Waals surface area contributed by atoms with Gasteiger partial charge in [0.25, 0.3) is 11.8 Å². The normalized spacial score (nSPS) is 16.5. The molecule has 1 aliphatic heterocycles. The van der Waals surface area contributed by atoms with Crippen LogP contribution in [0.25, 0.3) is 0 Å². The van der Waals surface area contributed by atoms with Gasteiger partial charge in [0, 0.05) is 37.9 Å². The Hall–Kier alpha value is -7.14. The maximum atomic E-state index is 14.6. The zero-order valence-corrected chi connectivity index (χ0v) is 38.5. The van der Waals surface area contributed by atoms with Gasteiger partial charge in [0.15, 0.2) is 0 Å². The van der Waals surface area contributed by atoms with Crippen molar-refractivity contribution in [1.29, 1.82) is 0 Å². The van der Waals surface area contributed by atoms with Gasteiger partial charge in [0.1, 0.15) is 42.5 Å². The number of amides is 8. The Bertz CT molecular complexity index is 2010. The molecule has 370 valence electrons. The van der Waals surface area contributed by atoms with Crippen molar-refractivity contribution in [1.82, 2.24) is 42.1 Å². The lowest BCUT2D eigenvalue weighted by molar-refractivity contribution is -0.145. The van der Waals surface area contributed by atoms with Crippen molar-refractivity contribution in [2.75, 3.05) is 20.2 Å². The molecule has 1 heterocycles. The molecule has 24 heteroatoms. The van der Waals surface area contributed by atoms with E-state index in [1.54, 1.807) is 46.8 Å². The van der Waals surface area contributed by atoms with Crippen LogP contribution in [0.3, 0.4) is 0 Å². The fourth-order valence-corrected chi connectivity index (χ4v) is 6.99. The number of hydrogen-bond acceptors (Lipinski definition) is 13. The second-order valence-electron chi connectivity index (χ2n) is 16.6. The van der Waals surface area contributed by atoms with Gasteiger partial charge in [0.2, 0.25) is 41.2 Å². The number of nitrogens with zero attached hydrogens (tertiary/aromatic N) is 1. The maximum absolute atomic E-state index is 14.6. The van der Waals surface area contributed by atoms with Crippen molar-refractivity contribution < 1.29 is 77.6 Å². The van der Waals surface area contributed by atoms with Gasteiger partial charge in [-0.05, 0) is 61.8 Å². The first kappa shape index (κ1) is 56.0. The molecule has 1 aromatic rings. The minimum atomic E-state index is -1.60. The lowest BCUT2D eigenvalue weighted by atomic mass is 9.98. The van der Waals surface area contributed by atoms with Gasteiger partial charge < -0.3 is 62.2 Å². The summed E-state index contributed by atoms with van der Waals surface area (Å²) in [7, 11) is 1.45. The molecule has 10 N–H and O–H groups in total. The van der Waals surface area contributed by atoms with Crippen molar-refractivity contribution in [3.63, 3.8) is 0 Å². The predicted molar refractivity (Wildman–Crippen MR) is 234 cm³/mol. The molecular weight excluding hydrogens is 885 g/mol. The summed E-state index contributed by atoms with van der Waals surface area (Å²) in [6.07, 6.45) is -1.95. The SMILES string of the molecule is CCC[C@H](NC(=O)[C@@H]1C[C@@H](NC(=O)c2ccc(OC)cc2)CN1C(=O)[C@@H](NC(=O)[C@@H](NC(=O)[C@H](CCC(=O)O)NC(=O)[C@H](CCC(=O)O)NC(C)=O)C(C)C)C(C)C)C(=O)C(=O)NCC(=O)O. The summed E-state index contributed by atoms with van der Waals surface area (Å²) in [4.78, 5) is 155. The number of nitrogens with one attached hydrogen (secondary N) is 7. The molecule has 7 atom stereocenters. The summed E-state index contributed by atoms with van der Waals surface area (Å²) in [6.45, 7) is 7.88. The van der Waals surface area contributed by atoms with E-state index in [9.17, 15) is 62.6 Å². The van der Waals surface area contributed by atoms with Crippen molar-refractivity contribution in [2.24, 2.45) is 11.8 Å². The highest BCUT2D eigenvalue weighted by Gasteiger charge is 2.45. The highest BCUT2D eigenvalue weighted by Crippen LogP contribution is 2.23. The van der Waals surface area contributed by atoms with E-state index in [0.29, 0.717) is 12.2 Å². The number of ether oxygens (including phenoxy) is 1. The minimum absolute atomic E-state index is 0.0438. The topological polar surface area (TPSA) is 362 Å². The van der Waals surface area contributed by atoms with E-state index in [1.807, 2.05) is 5.32 Å². The Morgan fingerprint density at radius 2 is 1.22 bits per heavy atom. The van der Waals surface area contributed by atoms with Crippen LogP contribution < -0.4 is 42.0 Å². The summed E-state index contributed by atoms with van der Waals surface area (Å²) in [6, 6.07) is -3.43. The smallest absolute Gasteiger partial charge is 0.322 e. The van der Waals surface area contributed by atoms with E-state index < -0.39 is 151 Å². The van der Waals surface area contributed by atoms with Gasteiger partial charge >= 0.3 is 17.9 Å². The number of hydrogen-bond donors (Lipinski definition) is 10. The Balaban J connectivity index is 2.47. The highest BCUT2D eigenvalue weighted by atomic mass is 16.5. The summed E-state index contributed by atoms with van der Waals surface area (Å²) < 4.78 is 5.15. The summed E-state index contributed by atoms with van der Waals surface area (Å²) >= 11 is 0. The lowest BCUT2D eigenvalue weighted by Gasteiger charge is -2.33. The fourth-order valence-electron chi connectivity index (χ4n) is 6.99. The summed E-state index contributed by atoms with van der Waals surface area (Å²) in [5.74, 6) is -13.2. The molecule has 1 aliphatic rings. The number of methoxy groups -OCH3 is 1. The third-order valence-corrected chi connectivity index (χ3v) is 10.5. The number of aliphatic carboxylic acids is 3. The molecule has 0 aliphatic carbocycles. The van der Waals surface area contributed by atoms with Gasteiger partial charge in [-0.2, -0.15) is 0 Å². The van der Waals surface area contributed by atoms with Crippen molar-refractivity contribution >= 4 is 70.9 Å². The Kier molecular flexibility index (Phi) is 22.3. The Morgan fingerprint density at radius 3 is 1.72 bits per heavy atom. The maximum Gasteiger partial charge on any atom is 0.322 e. The molecule has 1 saturated heterocycles. The van der Waals surface area contributed by atoms with E-state index in [-0.39, 0.29) is 31.4 Å². The molecule has 0 bridgehead atoms. The molecule has 1 aromatic carbocycles. The molecule has 0 unspecified atom stereocenters. The molecule has 8 amide bonds. The fraction of sp³-hybridized carbons (Fsp3) is 0.581. The standard InChI is InChI=1S/C43H62N8O16/c1-8-9-27(36(59)42(65)44-19-33(57)58)47-40(63)30-18-25(46-37(60)24-10-12-26(67-7)13-11-24)20-51(30)43(66)35(22(4)5)50-41(64)34(21(2)3)49-39(62)29(15-17-32(55)56)48-38(61)28(45-23(6)52)14-16-31(53)54/h10-13,21-22,25,27-30,34-35H,8-9,14-20H2,1-7H3,(H,44,65)(H,45,52)(H,46,60)(H,47,63)(H,48,61)(H,49,62)(H,50,64)(H,53,54)(H,55,56)(H,57,58)/t25-,27+,28+,29+,30+,34+,35+/m1/s1. The Morgan fingerprint density at radius 1 is 0.687 bits per heavy atom. The second kappa shape index (κ2) is 26.7. The number of Topliss-reactive ketones (excluding diaryl/α,β-unsaturated/α-hetero) is 1. The zero-order chi connectivity index (χ0) is 50.7. The van der Waals surface area contributed by atoms with Crippen LogP contribution in [0, 0.1) is 11.8 Å². The first-order valence-electron chi connectivity index (χ1n) is 21.6. The summed E-state index contributed by atoms with van der Waals surface area (Å²) in [5.41, 5.74) is 0.220. The number of likely N-dealkylation sites (tertiary alicyclic amines) is 1. The van der Waals surface area contributed by atoms with Crippen LogP contribution in [0.5, 0.6) is 5.75 Å². The number of rotatable bonds is 27. The van der Waals surface area contributed by atoms with Gasteiger partial charge in [-0.15, -0.1) is 0 Å². The first-order valence-corrected chi connectivity index (χ1v) is 21.6. The third-order valence-electron chi connectivity index (χ3n) is 10.5. The van der Waals surface area contributed by atoms with E-state index in [0.717, 1.165) is 11.8 Å². The van der Waals surface area contributed by atoms with Crippen LogP contribution in [-0.2, 0) is 52.7 Å². The molecule has 0 spiro atoms. The number of ketones is 1. The molecule has 1 fully saturated rings. The average molecular weight is 947 g/mol. The average Bonchev–Trinajstić information content (AvgIpc) is 3.68. The first-order chi connectivity index (χ1) is 31.4. The second-order valence-corrected chi connectivity index (χ2v) is 16.6. The van der Waals surface area contributed by atoms with Crippen LogP contribution in [0.15, 0.2) is 24.3 Å². The van der Waals surface area contributed by atoms with Crippen LogP contribution in [0.2, 0.25) is 0 Å². The van der Waals surface area contributed by atoms with E-state index in [2.05, 4.69) is 31.9 Å². The molecule has 0 saturated carbocycles. The van der Waals surface area contributed by atoms with Crippen LogP contribution in [0.4, 0.5) is 0 Å². The third kappa shape index (κ3) is 18.0. The largest absolute Gasteiger partial charge is 0.497 e. The van der Waals surface area contributed by atoms with Crippen molar-refractivity contribution in [3.05, 3.63) is 29.8 Å². The van der Waals surface area contributed by atoms with Gasteiger partial charge in [-0.25, -0.2) is 0 Å². The molecule has 0 aromatic heterocycles. The quantitative estimate of drug-likeness (QED) is 0.0447. The van der Waals surface area contributed by atoms with Gasteiger partial charge in [0.05, 0.1) is 13.2 Å². The van der Waals surface area contributed by atoms with Crippen molar-refractivity contribution in [2.45, 2.75) is 129 Å². The molecule has 0 radical (unpaired) electrons. The van der Waals surface area contributed by atoms with Crippen LogP contribution in [0.1, 0.15) is 96.8 Å². The number of carboxylic acid groups (broad SMARTS) is 3. The number of carbonyl (C=O) groups excluding carboxylic acids is 9. The molecule has 24 nitrogen and oxygen atoms in total. The van der Waals surface area contributed by atoms with Gasteiger partial charge in [-0.1, -0.05) is 41.0 Å². The van der Waals surface area contributed by atoms with Crippen molar-refractivity contribution in [3.8, 4) is 5.75 Å². The van der Waals surface area contributed by atoms with E-state index in [1.165, 1.54) is 19.2 Å². The lowest BCUT2D eigenvalue weighted by Crippen LogP contribution is -2.61. The Labute approximate surface area is 386 Å². The molecule has 67 heavy (non-hydrogen) atoms. The van der Waals surface area contributed by atoms with Gasteiger partial charge in [-0.3, -0.25) is 57.5 Å². The summed E-state index contributed by atoms with van der Waals surface area (Å²) in [5, 5.41) is 44.5.